The highest BCUT2D eigenvalue weighted by Gasteiger charge is 2.13. The van der Waals surface area contributed by atoms with Crippen LogP contribution in [0.5, 0.6) is 0 Å². The fourth-order valence-electron chi connectivity index (χ4n) is 2.52. The molecule has 0 bridgehead atoms. The summed E-state index contributed by atoms with van der Waals surface area (Å²) in [7, 11) is 1.67. The number of aliphatic imine (C=N–C) groups is 1. The summed E-state index contributed by atoms with van der Waals surface area (Å²) in [5.74, 6) is 1.54. The Morgan fingerprint density at radius 2 is 1.92 bits per heavy atom. The molecule has 1 aromatic carbocycles. The summed E-state index contributed by atoms with van der Waals surface area (Å²) in [6.07, 6.45) is 2.09. The van der Waals surface area contributed by atoms with Crippen LogP contribution in [0.1, 0.15) is 49.6 Å². The van der Waals surface area contributed by atoms with Crippen molar-refractivity contribution in [2.24, 2.45) is 4.99 Å². The Morgan fingerprint density at radius 3 is 2.58 bits per heavy atom. The lowest BCUT2D eigenvalue weighted by atomic mass is 9.99. The van der Waals surface area contributed by atoms with Crippen molar-refractivity contribution in [3.05, 3.63) is 53.2 Å². The Labute approximate surface area is 142 Å². The van der Waals surface area contributed by atoms with Crippen molar-refractivity contribution in [1.29, 1.82) is 0 Å². The molecule has 0 unspecified atom stereocenters. The molecule has 5 nitrogen and oxygen atoms in total. The van der Waals surface area contributed by atoms with Crippen LogP contribution in [0.2, 0.25) is 0 Å². The van der Waals surface area contributed by atoms with Crippen LogP contribution in [0.4, 0.5) is 4.39 Å². The molecule has 0 aliphatic carbocycles. The zero-order chi connectivity index (χ0) is 17.4. The topological polar surface area (TPSA) is 62.5 Å². The maximum atomic E-state index is 13.6. The van der Waals surface area contributed by atoms with E-state index in [1.54, 1.807) is 19.2 Å². The van der Waals surface area contributed by atoms with Crippen molar-refractivity contribution >= 4 is 5.96 Å². The van der Waals surface area contributed by atoms with Gasteiger partial charge in [0.05, 0.1) is 12.2 Å². The molecule has 130 valence electrons. The Hall–Kier alpha value is -2.37. The normalized spacial score (nSPS) is 11.8. The average Bonchev–Trinajstić information content (AvgIpc) is 3.06. The number of guanidine groups is 1. The third-order valence-electron chi connectivity index (χ3n) is 4.04. The monoisotopic (exact) mass is 332 g/mol. The number of nitrogens with one attached hydrogen (secondary N) is 2. The van der Waals surface area contributed by atoms with Crippen molar-refractivity contribution in [1.82, 2.24) is 15.8 Å². The number of rotatable bonds is 7. The third-order valence-corrected chi connectivity index (χ3v) is 4.04. The van der Waals surface area contributed by atoms with Gasteiger partial charge in [-0.3, -0.25) is 4.99 Å². The molecule has 1 aromatic heterocycles. The number of nitrogens with zero attached hydrogens (tertiary/aromatic N) is 2. The SMILES string of the molecule is CCC(CC)c1cc(CNC(=NC)NCc2ccccc2F)on1. The molecule has 0 aliphatic heterocycles. The van der Waals surface area contributed by atoms with E-state index in [1.807, 2.05) is 12.1 Å². The van der Waals surface area contributed by atoms with Crippen molar-refractivity contribution in [2.45, 2.75) is 45.7 Å². The van der Waals surface area contributed by atoms with Crippen LogP contribution < -0.4 is 10.6 Å². The molecule has 2 N–H and O–H groups in total. The van der Waals surface area contributed by atoms with E-state index in [0.717, 1.165) is 24.3 Å². The second kappa shape index (κ2) is 9.05. The first-order chi connectivity index (χ1) is 11.7. The number of aromatic nitrogens is 1. The summed E-state index contributed by atoms with van der Waals surface area (Å²) < 4.78 is 19.0. The maximum absolute atomic E-state index is 13.6. The second-order valence-corrected chi connectivity index (χ2v) is 5.60. The molecule has 0 spiro atoms. The molecule has 2 rings (SSSR count). The lowest BCUT2D eigenvalue weighted by Gasteiger charge is -2.11. The lowest BCUT2D eigenvalue weighted by Crippen LogP contribution is -2.36. The van der Waals surface area contributed by atoms with Gasteiger partial charge in [-0.2, -0.15) is 0 Å². The van der Waals surface area contributed by atoms with Gasteiger partial charge in [0.1, 0.15) is 5.82 Å². The van der Waals surface area contributed by atoms with Gasteiger partial charge < -0.3 is 15.2 Å². The largest absolute Gasteiger partial charge is 0.359 e. The third kappa shape index (κ3) is 4.81. The van der Waals surface area contributed by atoms with Crippen molar-refractivity contribution in [2.75, 3.05) is 7.05 Å². The Kier molecular flexibility index (Phi) is 6.78. The number of halogens is 1. The summed E-state index contributed by atoms with van der Waals surface area (Å²) in [6.45, 7) is 5.14. The minimum Gasteiger partial charge on any atom is -0.359 e. The van der Waals surface area contributed by atoms with Crippen LogP contribution in [0.3, 0.4) is 0 Å². The Morgan fingerprint density at radius 1 is 1.21 bits per heavy atom. The fraction of sp³-hybridized carbons (Fsp3) is 0.444. The molecule has 1 heterocycles. The van der Waals surface area contributed by atoms with Gasteiger partial charge in [-0.1, -0.05) is 37.2 Å². The van der Waals surface area contributed by atoms with E-state index < -0.39 is 0 Å². The minimum absolute atomic E-state index is 0.231. The molecular formula is C18H25FN4O. The number of benzene rings is 1. The summed E-state index contributed by atoms with van der Waals surface area (Å²) in [5.41, 5.74) is 1.59. The van der Waals surface area contributed by atoms with Crippen LogP contribution in [-0.4, -0.2) is 18.2 Å². The summed E-state index contributed by atoms with van der Waals surface area (Å²) in [6, 6.07) is 8.65. The molecule has 0 saturated heterocycles. The summed E-state index contributed by atoms with van der Waals surface area (Å²) >= 11 is 0. The van der Waals surface area contributed by atoms with E-state index in [-0.39, 0.29) is 5.82 Å². The van der Waals surface area contributed by atoms with Crippen molar-refractivity contribution in [3.8, 4) is 0 Å². The molecular weight excluding hydrogens is 307 g/mol. The zero-order valence-corrected chi connectivity index (χ0v) is 14.5. The quantitative estimate of drug-likeness (QED) is 0.601. The van der Waals surface area contributed by atoms with E-state index in [1.165, 1.54) is 6.07 Å². The predicted octanol–water partition coefficient (Wildman–Crippen LogP) is 3.58. The highest BCUT2D eigenvalue weighted by atomic mass is 19.1. The smallest absolute Gasteiger partial charge is 0.191 e. The molecule has 6 heteroatoms. The van der Waals surface area contributed by atoms with Crippen LogP contribution in [0, 0.1) is 5.82 Å². The van der Waals surface area contributed by atoms with Gasteiger partial charge in [0.2, 0.25) is 0 Å². The van der Waals surface area contributed by atoms with Gasteiger partial charge in [0, 0.05) is 31.1 Å². The molecule has 0 aliphatic rings. The second-order valence-electron chi connectivity index (χ2n) is 5.60. The van der Waals surface area contributed by atoms with Gasteiger partial charge in [-0.15, -0.1) is 0 Å². The van der Waals surface area contributed by atoms with Crippen molar-refractivity contribution < 1.29 is 8.91 Å². The number of hydrogen-bond acceptors (Lipinski definition) is 3. The van der Waals surface area contributed by atoms with Crippen LogP contribution in [0.25, 0.3) is 0 Å². The Balaban J connectivity index is 1.87. The van der Waals surface area contributed by atoms with E-state index in [2.05, 4.69) is 34.6 Å². The van der Waals surface area contributed by atoms with Crippen LogP contribution >= 0.6 is 0 Å². The summed E-state index contributed by atoms with van der Waals surface area (Å²) in [4.78, 5) is 4.13. The Bertz CT molecular complexity index is 665. The molecule has 0 fully saturated rings. The van der Waals surface area contributed by atoms with E-state index in [0.29, 0.717) is 30.5 Å². The van der Waals surface area contributed by atoms with Gasteiger partial charge in [0.25, 0.3) is 0 Å². The highest BCUT2D eigenvalue weighted by Crippen LogP contribution is 2.22. The molecule has 0 radical (unpaired) electrons. The van der Waals surface area contributed by atoms with Crippen molar-refractivity contribution in [3.63, 3.8) is 0 Å². The molecule has 0 atom stereocenters. The first-order valence-electron chi connectivity index (χ1n) is 8.31. The first kappa shape index (κ1) is 18.0. The summed E-state index contributed by atoms with van der Waals surface area (Å²) in [5, 5.41) is 10.4. The highest BCUT2D eigenvalue weighted by molar-refractivity contribution is 5.79. The zero-order valence-electron chi connectivity index (χ0n) is 14.5. The minimum atomic E-state index is -0.231. The molecule has 24 heavy (non-hydrogen) atoms. The van der Waals surface area contributed by atoms with Gasteiger partial charge in [-0.05, 0) is 18.9 Å². The van der Waals surface area contributed by atoms with Crippen LogP contribution in [0.15, 0.2) is 39.8 Å². The van der Waals surface area contributed by atoms with E-state index >= 15 is 0 Å². The van der Waals surface area contributed by atoms with Crippen LogP contribution in [-0.2, 0) is 13.1 Å². The lowest BCUT2D eigenvalue weighted by molar-refractivity contribution is 0.368. The average molecular weight is 332 g/mol. The maximum Gasteiger partial charge on any atom is 0.191 e. The number of hydrogen-bond donors (Lipinski definition) is 2. The molecule has 2 aromatic rings. The first-order valence-corrected chi connectivity index (χ1v) is 8.31. The molecule has 0 saturated carbocycles. The van der Waals surface area contributed by atoms with Gasteiger partial charge >= 0.3 is 0 Å². The van der Waals surface area contributed by atoms with Gasteiger partial charge in [-0.25, -0.2) is 4.39 Å². The van der Waals surface area contributed by atoms with Gasteiger partial charge in [0.15, 0.2) is 11.7 Å². The standard InChI is InChI=1S/C18H25FN4O/c1-4-13(5-2)17-10-15(24-23-17)12-22-18(20-3)21-11-14-8-6-7-9-16(14)19/h6-10,13H,4-5,11-12H2,1-3H3,(H2,20,21,22). The van der Waals surface area contributed by atoms with E-state index in [4.69, 9.17) is 4.52 Å². The predicted molar refractivity (Wildman–Crippen MR) is 93.3 cm³/mol. The van der Waals surface area contributed by atoms with E-state index in [9.17, 15) is 4.39 Å². The molecule has 0 amide bonds. The fourth-order valence-corrected chi connectivity index (χ4v) is 2.52.